The number of rotatable bonds is 9. The van der Waals surface area contributed by atoms with E-state index in [-0.39, 0.29) is 18.1 Å². The van der Waals surface area contributed by atoms with Gasteiger partial charge in [0.25, 0.3) is 12.4 Å². The summed E-state index contributed by atoms with van der Waals surface area (Å²) in [5, 5.41) is 18.6. The van der Waals surface area contributed by atoms with Gasteiger partial charge in [-0.3, -0.25) is 23.9 Å². The number of furan rings is 1. The average molecular weight is 466 g/mol. The van der Waals surface area contributed by atoms with Crippen molar-refractivity contribution in [3.63, 3.8) is 0 Å². The highest BCUT2D eigenvalue weighted by molar-refractivity contribution is 6.04. The fourth-order valence-corrected chi connectivity index (χ4v) is 3.08. The molecule has 4 rings (SSSR count). The van der Waals surface area contributed by atoms with Gasteiger partial charge in [0.1, 0.15) is 11.5 Å². The van der Waals surface area contributed by atoms with E-state index in [9.17, 15) is 4.79 Å². The topological polar surface area (TPSA) is 137 Å². The van der Waals surface area contributed by atoms with Gasteiger partial charge >= 0.3 is 0 Å². The molecule has 4 aromatic rings. The number of aryl methyl sites for hydroxylation is 1. The lowest BCUT2D eigenvalue weighted by Crippen LogP contribution is -2.11. The van der Waals surface area contributed by atoms with E-state index in [2.05, 4.69) is 20.5 Å². The first-order chi connectivity index (χ1) is 16.6. The van der Waals surface area contributed by atoms with Crippen LogP contribution in [0.5, 0.6) is 0 Å². The molecule has 0 saturated heterocycles. The number of pyridine rings is 1. The molecule has 0 aliphatic heterocycles. The van der Waals surface area contributed by atoms with Gasteiger partial charge in [-0.15, -0.1) is 0 Å². The lowest BCUT2D eigenvalue weighted by molar-refractivity contribution is -0.122. The maximum atomic E-state index is 12.9. The van der Waals surface area contributed by atoms with Gasteiger partial charge in [-0.2, -0.15) is 10.2 Å². The van der Waals surface area contributed by atoms with E-state index in [1.807, 2.05) is 38.2 Å². The van der Waals surface area contributed by atoms with Crippen LogP contribution in [-0.4, -0.2) is 55.2 Å². The summed E-state index contributed by atoms with van der Waals surface area (Å²) in [6, 6.07) is 8.97. The van der Waals surface area contributed by atoms with E-state index >= 15 is 0 Å². The van der Waals surface area contributed by atoms with E-state index in [1.54, 1.807) is 40.1 Å². The Morgan fingerprint density at radius 3 is 2.71 bits per heavy atom. The molecule has 11 nitrogen and oxygen atoms in total. The second kappa shape index (κ2) is 12.1. The smallest absolute Gasteiger partial charge is 0.291 e. The summed E-state index contributed by atoms with van der Waals surface area (Å²) < 4.78 is 14.7. The number of carboxylic acid groups (broad SMARTS) is 1. The highest BCUT2D eigenvalue weighted by Crippen LogP contribution is 2.27. The van der Waals surface area contributed by atoms with Crippen molar-refractivity contribution < 1.29 is 23.8 Å². The van der Waals surface area contributed by atoms with Crippen molar-refractivity contribution in [2.75, 3.05) is 18.5 Å². The van der Waals surface area contributed by atoms with Crippen LogP contribution in [0.4, 0.5) is 5.69 Å². The van der Waals surface area contributed by atoms with Gasteiger partial charge in [0.15, 0.2) is 5.76 Å². The summed E-state index contributed by atoms with van der Waals surface area (Å²) >= 11 is 0. The van der Waals surface area contributed by atoms with Gasteiger partial charge in [0, 0.05) is 31.7 Å². The van der Waals surface area contributed by atoms with Crippen molar-refractivity contribution in [1.29, 1.82) is 0 Å². The molecule has 11 heteroatoms. The van der Waals surface area contributed by atoms with Gasteiger partial charge in [-0.25, -0.2) is 0 Å². The van der Waals surface area contributed by atoms with Crippen LogP contribution in [0.15, 0.2) is 59.5 Å². The number of carbonyl (C=O) groups is 2. The first-order valence-electron chi connectivity index (χ1n) is 10.7. The molecule has 0 aliphatic rings. The Morgan fingerprint density at radius 2 is 2.03 bits per heavy atom. The molecule has 0 spiro atoms. The second-order valence-corrected chi connectivity index (χ2v) is 6.87. The van der Waals surface area contributed by atoms with E-state index in [0.717, 1.165) is 12.1 Å². The number of anilines is 1. The maximum absolute atomic E-state index is 12.9. The van der Waals surface area contributed by atoms with Gasteiger partial charge in [-0.1, -0.05) is 6.07 Å². The van der Waals surface area contributed by atoms with Gasteiger partial charge < -0.3 is 19.6 Å². The largest absolute Gasteiger partial charge is 0.483 e. The Morgan fingerprint density at radius 1 is 1.21 bits per heavy atom. The number of hydrogen-bond acceptors (Lipinski definition) is 7. The number of hydrogen-bond donors (Lipinski definition) is 2. The zero-order valence-corrected chi connectivity index (χ0v) is 18.9. The number of nitrogens with zero attached hydrogens (tertiary/aromatic N) is 5. The lowest BCUT2D eigenvalue weighted by atomic mass is 10.2. The van der Waals surface area contributed by atoms with Crippen LogP contribution < -0.4 is 5.32 Å². The summed E-state index contributed by atoms with van der Waals surface area (Å²) in [4.78, 5) is 25.6. The minimum atomic E-state index is -0.365. The minimum absolute atomic E-state index is 0.202. The van der Waals surface area contributed by atoms with Crippen LogP contribution in [-0.2, 0) is 22.6 Å². The summed E-state index contributed by atoms with van der Waals surface area (Å²) in [5.41, 5.74) is 2.62. The predicted molar refractivity (Wildman–Crippen MR) is 124 cm³/mol. The molecule has 0 fully saturated rings. The molecule has 0 aromatic carbocycles. The van der Waals surface area contributed by atoms with Crippen molar-refractivity contribution in [1.82, 2.24) is 24.5 Å². The molecule has 4 heterocycles. The average Bonchev–Trinajstić information content (AvgIpc) is 3.60. The molecule has 0 saturated carbocycles. The molecular formula is C23H26N6O5. The Bertz CT molecular complexity index is 1200. The predicted octanol–water partition coefficient (Wildman–Crippen LogP) is 3.41. The number of aromatic nitrogens is 5. The fourth-order valence-electron chi connectivity index (χ4n) is 3.08. The molecular weight excluding hydrogens is 440 g/mol. The minimum Gasteiger partial charge on any atom is -0.483 e. The molecule has 1 amide bonds. The molecule has 0 bridgehead atoms. The number of amides is 1. The highest BCUT2D eigenvalue weighted by atomic mass is 16.5. The zero-order valence-electron chi connectivity index (χ0n) is 18.9. The molecule has 0 radical (unpaired) electrons. The Kier molecular flexibility index (Phi) is 8.69. The van der Waals surface area contributed by atoms with Crippen molar-refractivity contribution in [2.24, 2.45) is 0 Å². The van der Waals surface area contributed by atoms with E-state index in [0.29, 0.717) is 42.6 Å². The molecule has 0 atom stereocenters. The Balaban J connectivity index is 0.00000103. The molecule has 178 valence electrons. The third-order valence-electron chi connectivity index (χ3n) is 4.66. The SMILES string of the molecule is CCOCCn1cc(NC(=O)c2ccc(-c3cnn(CC)c3)o2)c(-c2ccccn2)n1.O=CO. The van der Waals surface area contributed by atoms with Crippen LogP contribution in [0.3, 0.4) is 0 Å². The summed E-state index contributed by atoms with van der Waals surface area (Å²) in [7, 11) is 0. The molecule has 2 N–H and O–H groups in total. The monoisotopic (exact) mass is 466 g/mol. The summed E-state index contributed by atoms with van der Waals surface area (Å²) in [6.45, 7) is 6.19. The maximum Gasteiger partial charge on any atom is 0.291 e. The third kappa shape index (κ3) is 6.17. The van der Waals surface area contributed by atoms with Gasteiger partial charge in [0.2, 0.25) is 0 Å². The summed E-state index contributed by atoms with van der Waals surface area (Å²) in [6.07, 6.45) is 7.05. The van der Waals surface area contributed by atoms with Gasteiger partial charge in [-0.05, 0) is 38.1 Å². The van der Waals surface area contributed by atoms with E-state index < -0.39 is 0 Å². The number of carbonyl (C=O) groups excluding carboxylic acids is 1. The normalized spacial score (nSPS) is 10.4. The fraction of sp³-hybridized carbons (Fsp3) is 0.261. The number of nitrogens with one attached hydrogen (secondary N) is 1. The first-order valence-corrected chi connectivity index (χ1v) is 10.7. The highest BCUT2D eigenvalue weighted by Gasteiger charge is 2.18. The molecule has 4 aromatic heterocycles. The zero-order chi connectivity index (χ0) is 24.3. The van der Waals surface area contributed by atoms with Crippen molar-refractivity contribution in [3.8, 4) is 22.7 Å². The van der Waals surface area contributed by atoms with Crippen molar-refractivity contribution in [2.45, 2.75) is 26.9 Å². The van der Waals surface area contributed by atoms with Crippen molar-refractivity contribution in [3.05, 3.63) is 60.9 Å². The quantitative estimate of drug-likeness (QED) is 0.283. The third-order valence-corrected chi connectivity index (χ3v) is 4.66. The Hall–Kier alpha value is -4.25. The summed E-state index contributed by atoms with van der Waals surface area (Å²) in [5.74, 6) is 0.422. The van der Waals surface area contributed by atoms with Crippen LogP contribution in [0.25, 0.3) is 22.7 Å². The number of ether oxygens (including phenoxy) is 1. The van der Waals surface area contributed by atoms with Gasteiger partial charge in [0.05, 0.1) is 36.3 Å². The second-order valence-electron chi connectivity index (χ2n) is 6.87. The Labute approximate surface area is 196 Å². The first kappa shape index (κ1) is 24.4. The van der Waals surface area contributed by atoms with Crippen LogP contribution >= 0.6 is 0 Å². The van der Waals surface area contributed by atoms with E-state index in [1.165, 1.54) is 0 Å². The lowest BCUT2D eigenvalue weighted by Gasteiger charge is -2.03. The molecule has 34 heavy (non-hydrogen) atoms. The molecule has 0 aliphatic carbocycles. The van der Waals surface area contributed by atoms with E-state index in [4.69, 9.17) is 19.1 Å². The standard InChI is InChI=1S/C22H24N6O3.CH2O2/c1-3-27-14-16(13-24-27)19-8-9-20(31-19)22(29)25-18-15-28(11-12-30-4-2)26-21(18)17-7-5-6-10-23-17;2-1-3/h5-10,13-15H,3-4,11-12H2,1-2H3,(H,25,29);1H,(H,2,3). The van der Waals surface area contributed by atoms with Crippen LogP contribution in [0.2, 0.25) is 0 Å². The molecule has 0 unspecified atom stereocenters. The van der Waals surface area contributed by atoms with Crippen LogP contribution in [0, 0.1) is 0 Å². The van der Waals surface area contributed by atoms with Crippen molar-refractivity contribution >= 4 is 18.1 Å². The van der Waals surface area contributed by atoms with Crippen LogP contribution in [0.1, 0.15) is 24.4 Å².